The van der Waals surface area contributed by atoms with Gasteiger partial charge in [0.2, 0.25) is 10.0 Å². The molecular weight excluding hydrogens is 541 g/mol. The van der Waals surface area contributed by atoms with Crippen molar-refractivity contribution in [3.63, 3.8) is 0 Å². The quantitative estimate of drug-likeness (QED) is 0.196. The molecule has 2 aromatic carbocycles. The maximum atomic E-state index is 14.6. The first-order valence-corrected chi connectivity index (χ1v) is 13.1. The van der Waals surface area contributed by atoms with Crippen molar-refractivity contribution in [2.75, 3.05) is 14.1 Å². The van der Waals surface area contributed by atoms with Crippen LogP contribution in [0, 0.1) is 18.2 Å². The van der Waals surface area contributed by atoms with Gasteiger partial charge in [-0.2, -0.15) is 4.83 Å². The summed E-state index contributed by atoms with van der Waals surface area (Å²) in [6, 6.07) is 5.78. The van der Waals surface area contributed by atoms with Crippen LogP contribution in [0.3, 0.4) is 0 Å². The molecule has 13 heteroatoms. The number of amides is 1. The van der Waals surface area contributed by atoms with Crippen LogP contribution in [0.4, 0.5) is 9.18 Å². The molecule has 0 fully saturated rings. The molecule has 3 aromatic rings. The number of hydrogen-bond donors (Lipinski definition) is 2. The minimum atomic E-state index is -4.49. The average molecular weight is 568 g/mol. The highest BCUT2D eigenvalue weighted by molar-refractivity contribution is 7.89. The first kappa shape index (κ1) is 29.2. The van der Waals surface area contributed by atoms with Crippen LogP contribution in [0.2, 0.25) is 5.02 Å². The second-order valence-electron chi connectivity index (χ2n) is 9.83. The summed E-state index contributed by atoms with van der Waals surface area (Å²) in [5, 5.41) is -1.53. The number of hydrogen-bond acceptors (Lipinski definition) is 8. The van der Waals surface area contributed by atoms with Gasteiger partial charge in [-0.1, -0.05) is 38.4 Å². The molecule has 0 aliphatic carbocycles. The molecule has 1 heterocycles. The first-order chi connectivity index (χ1) is 17.5. The Hall–Kier alpha value is -3.32. The lowest BCUT2D eigenvalue weighted by Gasteiger charge is -2.22. The van der Waals surface area contributed by atoms with Crippen LogP contribution in [-0.2, 0) is 10.0 Å². The normalized spacial score (nSPS) is 12.9. The maximum Gasteiger partial charge on any atom is 0.414 e. The van der Waals surface area contributed by atoms with Gasteiger partial charge in [0.1, 0.15) is 16.7 Å². The van der Waals surface area contributed by atoms with Crippen molar-refractivity contribution >= 4 is 44.5 Å². The summed E-state index contributed by atoms with van der Waals surface area (Å²) < 4.78 is 51.5. The molecule has 3 N–H and O–H groups in total. The molecule has 0 bridgehead atoms. The summed E-state index contributed by atoms with van der Waals surface area (Å²) in [5.41, 5.74) is -2.63. The smallest absolute Gasteiger partial charge is 0.414 e. The Morgan fingerprint density at radius 3 is 2.37 bits per heavy atom. The molecule has 0 aliphatic heterocycles. The van der Waals surface area contributed by atoms with E-state index in [1.807, 2.05) is 0 Å². The van der Waals surface area contributed by atoms with Crippen LogP contribution < -0.4 is 21.0 Å². The van der Waals surface area contributed by atoms with Gasteiger partial charge < -0.3 is 14.1 Å². The Labute approximate surface area is 223 Å². The van der Waals surface area contributed by atoms with Crippen LogP contribution in [-0.4, -0.2) is 39.3 Å². The Kier molecular flexibility index (Phi) is 8.04. The van der Waals surface area contributed by atoms with Gasteiger partial charge in [0.25, 0.3) is 0 Å². The van der Waals surface area contributed by atoms with E-state index in [0.717, 1.165) is 18.2 Å². The van der Waals surface area contributed by atoms with Gasteiger partial charge in [-0.15, -0.1) is 0 Å². The first-order valence-electron chi connectivity index (χ1n) is 11.2. The van der Waals surface area contributed by atoms with Crippen molar-refractivity contribution in [2.24, 2.45) is 11.3 Å². The topological polar surface area (TPSA) is 149 Å². The molecular formula is C25H27ClFN3O7S. The van der Waals surface area contributed by atoms with E-state index >= 15 is 0 Å². The molecule has 0 aliphatic rings. The second-order valence-corrected chi connectivity index (χ2v) is 12.0. The van der Waals surface area contributed by atoms with Crippen molar-refractivity contribution in [2.45, 2.75) is 32.9 Å². The number of Topliss-reactive ketones (excluding diaryl/α,β-unsaturated/α-hetero) is 1. The number of halogens is 2. The maximum absolute atomic E-state index is 14.6. The van der Waals surface area contributed by atoms with Gasteiger partial charge in [-0.3, -0.25) is 10.6 Å². The molecule has 1 atom stereocenters. The molecule has 1 amide bonds. The number of fused-ring (bicyclic) bond motifs is 1. The fraction of sp³-hybridized carbons (Fsp3) is 0.320. The van der Waals surface area contributed by atoms with E-state index in [1.165, 1.54) is 38.1 Å². The van der Waals surface area contributed by atoms with Crippen LogP contribution in [0.5, 0.6) is 5.75 Å². The minimum absolute atomic E-state index is 0.00759. The Balaban J connectivity index is 2.31. The summed E-state index contributed by atoms with van der Waals surface area (Å²) in [6.45, 7) is 6.24. The zero-order valence-electron chi connectivity index (χ0n) is 21.5. The van der Waals surface area contributed by atoms with Gasteiger partial charge in [0.15, 0.2) is 11.5 Å². The number of ketones is 1. The number of carbonyl (C=O) groups is 2. The average Bonchev–Trinajstić information content (AvgIpc) is 2.82. The minimum Gasteiger partial charge on any atom is -0.422 e. The molecule has 0 spiro atoms. The van der Waals surface area contributed by atoms with E-state index in [9.17, 15) is 27.2 Å². The number of nitrogens with zero attached hydrogens (tertiary/aromatic N) is 1. The third-order valence-corrected chi connectivity index (χ3v) is 7.54. The molecule has 10 nitrogen and oxygen atoms in total. The highest BCUT2D eigenvalue weighted by Gasteiger charge is 2.35. The number of hydrazine groups is 1. The van der Waals surface area contributed by atoms with Crippen molar-refractivity contribution in [1.82, 2.24) is 9.73 Å². The summed E-state index contributed by atoms with van der Waals surface area (Å²) >= 11 is 6.30. The van der Waals surface area contributed by atoms with Crippen LogP contribution >= 0.6 is 11.6 Å². The van der Waals surface area contributed by atoms with Gasteiger partial charge in [0.05, 0.1) is 16.1 Å². The molecule has 3 rings (SSSR count). The monoisotopic (exact) mass is 567 g/mol. The lowest BCUT2D eigenvalue weighted by molar-refractivity contribution is 0.0853. The number of benzene rings is 2. The summed E-state index contributed by atoms with van der Waals surface area (Å²) in [6.07, 6.45) is -0.723. The van der Waals surface area contributed by atoms with Crippen molar-refractivity contribution in [1.29, 1.82) is 0 Å². The molecule has 0 radical (unpaired) electrons. The van der Waals surface area contributed by atoms with Crippen LogP contribution in [0.25, 0.3) is 11.0 Å². The van der Waals surface area contributed by atoms with E-state index in [2.05, 4.69) is 0 Å². The highest BCUT2D eigenvalue weighted by atomic mass is 35.5. The number of ether oxygens (including phenoxy) is 1. The number of rotatable bonds is 6. The predicted octanol–water partition coefficient (Wildman–Crippen LogP) is 4.07. The van der Waals surface area contributed by atoms with Gasteiger partial charge in [0, 0.05) is 31.0 Å². The fourth-order valence-corrected chi connectivity index (χ4v) is 5.21. The molecule has 1 unspecified atom stereocenters. The summed E-state index contributed by atoms with van der Waals surface area (Å²) in [7, 11) is -1.55. The van der Waals surface area contributed by atoms with E-state index in [4.69, 9.17) is 26.6 Å². The fourth-order valence-electron chi connectivity index (χ4n) is 3.79. The molecule has 204 valence electrons. The largest absolute Gasteiger partial charge is 0.422 e. The number of sulfonamides is 1. The molecule has 1 aromatic heterocycles. The van der Waals surface area contributed by atoms with Gasteiger partial charge in [-0.25, -0.2) is 22.4 Å². The predicted molar refractivity (Wildman–Crippen MR) is 140 cm³/mol. The van der Waals surface area contributed by atoms with E-state index < -0.39 is 44.0 Å². The van der Waals surface area contributed by atoms with Gasteiger partial charge >= 0.3 is 11.7 Å². The standard InChI is InChI=1S/C25H27ClFN3O7S/c1-12-14-10-16(26)19(37-24(33)30(5)6)11-18(14)36-23(32)20(12)21(38(34,35)29-28)13-7-8-17(27)15(9-13)22(31)25(2,3)4/h7-11,21,29H,28H2,1-6H3. The van der Waals surface area contributed by atoms with E-state index in [-0.39, 0.29) is 44.0 Å². The Morgan fingerprint density at radius 2 is 1.82 bits per heavy atom. The molecule has 38 heavy (non-hydrogen) atoms. The second kappa shape index (κ2) is 10.4. The van der Waals surface area contributed by atoms with E-state index in [0.29, 0.717) is 0 Å². The number of aryl methyl sites for hydroxylation is 1. The number of carbonyl (C=O) groups excluding carboxylic acids is 2. The Morgan fingerprint density at radius 1 is 1.18 bits per heavy atom. The molecule has 0 saturated carbocycles. The van der Waals surface area contributed by atoms with Crippen molar-refractivity contribution < 1.29 is 31.6 Å². The van der Waals surface area contributed by atoms with Crippen LogP contribution in [0.15, 0.2) is 39.5 Å². The lowest BCUT2D eigenvalue weighted by Crippen LogP contribution is -2.37. The summed E-state index contributed by atoms with van der Waals surface area (Å²) in [5.74, 6) is 3.83. The lowest BCUT2D eigenvalue weighted by atomic mass is 9.85. The Bertz CT molecular complexity index is 1610. The number of nitrogens with one attached hydrogen (secondary N) is 1. The SMILES string of the molecule is Cc1c(C(c2ccc(F)c(C(=O)C(C)(C)C)c2)S(=O)(=O)NN)c(=O)oc2cc(OC(=O)N(C)C)c(Cl)cc12. The summed E-state index contributed by atoms with van der Waals surface area (Å²) in [4.78, 5) is 40.9. The van der Waals surface area contributed by atoms with E-state index in [1.54, 1.807) is 25.6 Å². The van der Waals surface area contributed by atoms with Crippen LogP contribution in [0.1, 0.15) is 53.1 Å². The van der Waals surface area contributed by atoms with Crippen molar-refractivity contribution in [3.8, 4) is 5.75 Å². The third kappa shape index (κ3) is 5.58. The number of nitrogens with two attached hydrogens (primary N) is 1. The molecule has 0 saturated heterocycles. The highest BCUT2D eigenvalue weighted by Crippen LogP contribution is 2.37. The van der Waals surface area contributed by atoms with Gasteiger partial charge in [-0.05, 0) is 36.2 Å². The van der Waals surface area contributed by atoms with Crippen molar-refractivity contribution in [3.05, 3.63) is 73.8 Å². The zero-order valence-corrected chi connectivity index (χ0v) is 23.1. The zero-order chi connectivity index (χ0) is 28.7. The third-order valence-electron chi connectivity index (χ3n) is 5.78.